The molecular formula is C22H25ClN6. The molecule has 0 saturated heterocycles. The molecule has 2 heterocycles. The number of benzene rings is 2. The van der Waals surface area contributed by atoms with Gasteiger partial charge < -0.3 is 10.6 Å². The second kappa shape index (κ2) is 8.78. The molecule has 0 bridgehead atoms. The lowest BCUT2D eigenvalue weighted by Gasteiger charge is -2.32. The molecule has 2 aliphatic heterocycles. The van der Waals surface area contributed by atoms with Crippen LogP contribution in [0.3, 0.4) is 0 Å². The van der Waals surface area contributed by atoms with E-state index in [0.29, 0.717) is 5.02 Å². The van der Waals surface area contributed by atoms with Gasteiger partial charge in [-0.15, -0.1) is 0 Å². The number of hydrogen-bond donors (Lipinski definition) is 3. The van der Waals surface area contributed by atoms with E-state index in [4.69, 9.17) is 17.3 Å². The molecule has 0 amide bonds. The maximum Gasteiger partial charge on any atom is 0.210 e. The van der Waals surface area contributed by atoms with Gasteiger partial charge in [0.15, 0.2) is 0 Å². The van der Waals surface area contributed by atoms with E-state index in [1.54, 1.807) is 6.21 Å². The molecule has 0 spiro atoms. The molecule has 2 aliphatic rings. The van der Waals surface area contributed by atoms with E-state index in [0.717, 1.165) is 55.2 Å². The van der Waals surface area contributed by atoms with E-state index in [9.17, 15) is 0 Å². The Hall–Kier alpha value is -2.67. The summed E-state index contributed by atoms with van der Waals surface area (Å²) in [6.07, 6.45) is 6.65. The van der Waals surface area contributed by atoms with Crippen LogP contribution in [-0.4, -0.2) is 43.6 Å². The van der Waals surface area contributed by atoms with Crippen molar-refractivity contribution < 1.29 is 0 Å². The summed E-state index contributed by atoms with van der Waals surface area (Å²) in [7, 11) is 0. The predicted octanol–water partition coefficient (Wildman–Crippen LogP) is 2.92. The minimum Gasteiger partial charge on any atom is -0.372 e. The monoisotopic (exact) mass is 408 g/mol. The number of nitrogens with zero attached hydrogens (tertiary/aromatic N) is 3. The van der Waals surface area contributed by atoms with Crippen LogP contribution in [0.4, 0.5) is 0 Å². The Morgan fingerprint density at radius 2 is 2.00 bits per heavy atom. The number of halogens is 1. The van der Waals surface area contributed by atoms with Crippen molar-refractivity contribution in [2.75, 3.05) is 26.3 Å². The number of aliphatic imine (C=N–C) groups is 2. The van der Waals surface area contributed by atoms with Crippen LogP contribution in [-0.2, 0) is 5.79 Å². The van der Waals surface area contributed by atoms with Crippen LogP contribution < -0.4 is 16.4 Å². The Kier molecular flexibility index (Phi) is 5.94. The molecule has 0 saturated carbocycles. The Labute approximate surface area is 176 Å². The zero-order valence-corrected chi connectivity index (χ0v) is 16.9. The molecule has 29 heavy (non-hydrogen) atoms. The van der Waals surface area contributed by atoms with Crippen LogP contribution in [0.15, 0.2) is 70.4 Å². The molecule has 0 aromatic heterocycles. The Morgan fingerprint density at radius 1 is 1.17 bits per heavy atom. The van der Waals surface area contributed by atoms with Crippen molar-refractivity contribution in [3.05, 3.63) is 71.0 Å². The maximum atomic E-state index is 6.61. The molecule has 1 unspecified atom stereocenters. The number of allylic oxidation sites excluding steroid dienone is 1. The van der Waals surface area contributed by atoms with Crippen molar-refractivity contribution in [2.45, 2.75) is 12.2 Å². The SMILES string of the molecule is NC1(c2cccc(-c3cccc(Cl)c3)c2)N=CC=C(NCCCN2CC=NC2)N1. The second-order valence-corrected chi connectivity index (χ2v) is 7.64. The van der Waals surface area contributed by atoms with E-state index in [1.165, 1.54) is 0 Å². The summed E-state index contributed by atoms with van der Waals surface area (Å²) < 4.78 is 0. The molecule has 7 heteroatoms. The second-order valence-electron chi connectivity index (χ2n) is 7.20. The van der Waals surface area contributed by atoms with Crippen molar-refractivity contribution in [1.29, 1.82) is 0 Å². The van der Waals surface area contributed by atoms with Gasteiger partial charge in [-0.2, -0.15) is 0 Å². The van der Waals surface area contributed by atoms with Crippen molar-refractivity contribution in [2.24, 2.45) is 15.7 Å². The zero-order chi connectivity index (χ0) is 20.1. The third kappa shape index (κ3) is 4.85. The molecule has 2 aromatic carbocycles. The first-order chi connectivity index (χ1) is 14.1. The number of hydrogen-bond acceptors (Lipinski definition) is 6. The fourth-order valence-corrected chi connectivity index (χ4v) is 3.64. The standard InChI is InChI=1S/C22H25ClN6/c23-20-7-2-5-18(15-20)17-4-1-6-19(14-17)22(24)27-10-8-21(28-22)26-9-3-12-29-13-11-25-16-29/h1-2,4-8,10-11,14-15,26,28H,3,9,12-13,16,24H2. The van der Waals surface area contributed by atoms with Crippen LogP contribution in [0.25, 0.3) is 11.1 Å². The average molecular weight is 409 g/mol. The van der Waals surface area contributed by atoms with Gasteiger partial charge in [0.1, 0.15) is 5.82 Å². The Morgan fingerprint density at radius 3 is 2.79 bits per heavy atom. The first-order valence-corrected chi connectivity index (χ1v) is 10.1. The van der Waals surface area contributed by atoms with Gasteiger partial charge in [-0.05, 0) is 41.8 Å². The van der Waals surface area contributed by atoms with Crippen molar-refractivity contribution >= 4 is 24.0 Å². The molecule has 4 N–H and O–H groups in total. The van der Waals surface area contributed by atoms with Crippen molar-refractivity contribution in [3.8, 4) is 11.1 Å². The van der Waals surface area contributed by atoms with Crippen molar-refractivity contribution in [3.63, 3.8) is 0 Å². The normalized spacial score (nSPS) is 21.1. The van der Waals surface area contributed by atoms with Gasteiger partial charge in [-0.3, -0.25) is 15.6 Å². The molecule has 6 nitrogen and oxygen atoms in total. The highest BCUT2D eigenvalue weighted by atomic mass is 35.5. The van der Waals surface area contributed by atoms with Crippen LogP contribution in [0.5, 0.6) is 0 Å². The highest BCUT2D eigenvalue weighted by Crippen LogP contribution is 2.27. The molecule has 1 atom stereocenters. The van der Waals surface area contributed by atoms with Crippen LogP contribution >= 0.6 is 11.6 Å². The zero-order valence-electron chi connectivity index (χ0n) is 16.2. The van der Waals surface area contributed by atoms with Crippen LogP contribution in [0.2, 0.25) is 5.02 Å². The number of nitrogens with two attached hydrogens (primary N) is 1. The van der Waals surface area contributed by atoms with Gasteiger partial charge in [0.2, 0.25) is 5.79 Å². The Bertz CT molecular complexity index is 946. The number of rotatable bonds is 7. The Balaban J connectivity index is 1.40. The van der Waals surface area contributed by atoms with E-state index >= 15 is 0 Å². The first kappa shape index (κ1) is 19.6. The minimum atomic E-state index is -1.02. The fraction of sp³-hybridized carbons (Fsp3) is 0.273. The van der Waals surface area contributed by atoms with E-state index in [-0.39, 0.29) is 0 Å². The average Bonchev–Trinajstić information content (AvgIpc) is 3.25. The van der Waals surface area contributed by atoms with Gasteiger partial charge in [0.05, 0.1) is 6.67 Å². The van der Waals surface area contributed by atoms with E-state index in [2.05, 4.69) is 25.5 Å². The summed E-state index contributed by atoms with van der Waals surface area (Å²) in [6.45, 7) is 3.62. The molecule has 2 aromatic rings. The van der Waals surface area contributed by atoms with Gasteiger partial charge in [-0.25, -0.2) is 4.99 Å². The van der Waals surface area contributed by atoms with Gasteiger partial charge in [0.25, 0.3) is 0 Å². The maximum absolute atomic E-state index is 6.61. The quantitative estimate of drug-likeness (QED) is 0.615. The summed E-state index contributed by atoms with van der Waals surface area (Å²) in [5.41, 5.74) is 9.58. The third-order valence-electron chi connectivity index (χ3n) is 5.02. The topological polar surface area (TPSA) is 78.0 Å². The lowest BCUT2D eigenvalue weighted by molar-refractivity contribution is 0.332. The lowest BCUT2D eigenvalue weighted by Crippen LogP contribution is -2.52. The van der Waals surface area contributed by atoms with Crippen LogP contribution in [0, 0.1) is 0 Å². The smallest absolute Gasteiger partial charge is 0.210 e. The third-order valence-corrected chi connectivity index (χ3v) is 5.26. The largest absolute Gasteiger partial charge is 0.372 e. The lowest BCUT2D eigenvalue weighted by atomic mass is 9.99. The molecule has 4 rings (SSSR count). The first-order valence-electron chi connectivity index (χ1n) is 9.76. The molecule has 0 fully saturated rings. The van der Waals surface area contributed by atoms with Gasteiger partial charge >= 0.3 is 0 Å². The minimum absolute atomic E-state index is 0.707. The predicted molar refractivity (Wildman–Crippen MR) is 120 cm³/mol. The molecule has 0 radical (unpaired) electrons. The number of nitrogens with one attached hydrogen (secondary N) is 2. The summed E-state index contributed by atoms with van der Waals surface area (Å²) in [4.78, 5) is 11.0. The molecule has 0 aliphatic carbocycles. The van der Waals surface area contributed by atoms with Gasteiger partial charge in [-0.1, -0.05) is 41.9 Å². The summed E-state index contributed by atoms with van der Waals surface area (Å²) in [6, 6.07) is 15.8. The van der Waals surface area contributed by atoms with E-state index in [1.807, 2.05) is 60.8 Å². The molecule has 150 valence electrons. The van der Waals surface area contributed by atoms with E-state index < -0.39 is 5.79 Å². The van der Waals surface area contributed by atoms with Gasteiger partial charge in [0, 0.05) is 42.6 Å². The highest BCUT2D eigenvalue weighted by Gasteiger charge is 2.28. The summed E-state index contributed by atoms with van der Waals surface area (Å²) in [5, 5.41) is 7.46. The molecular weight excluding hydrogens is 384 g/mol. The fourth-order valence-electron chi connectivity index (χ4n) is 3.45. The highest BCUT2D eigenvalue weighted by molar-refractivity contribution is 6.30. The van der Waals surface area contributed by atoms with Crippen molar-refractivity contribution in [1.82, 2.24) is 15.5 Å². The summed E-state index contributed by atoms with van der Waals surface area (Å²) >= 11 is 6.15. The summed E-state index contributed by atoms with van der Waals surface area (Å²) in [5.74, 6) is -0.151. The van der Waals surface area contributed by atoms with Crippen LogP contribution in [0.1, 0.15) is 12.0 Å².